The van der Waals surface area contributed by atoms with Crippen LogP contribution in [0.3, 0.4) is 0 Å². The molecule has 1 unspecified atom stereocenters. The van der Waals surface area contributed by atoms with E-state index in [1.807, 2.05) is 0 Å². The first-order valence-corrected chi connectivity index (χ1v) is 8.03. The molecule has 0 fully saturated rings. The predicted molar refractivity (Wildman–Crippen MR) is 81.3 cm³/mol. The molecule has 1 aliphatic rings. The summed E-state index contributed by atoms with van der Waals surface area (Å²) in [5.74, 6) is -0.280. The molecule has 0 aromatic carbocycles. The second kappa shape index (κ2) is 8.98. The fourth-order valence-electron chi connectivity index (χ4n) is 2.39. The summed E-state index contributed by atoms with van der Waals surface area (Å²) in [7, 11) is 0. The third-order valence-electron chi connectivity index (χ3n) is 3.85. The van der Waals surface area contributed by atoms with Crippen molar-refractivity contribution in [2.45, 2.75) is 83.6 Å². The van der Waals surface area contributed by atoms with Gasteiger partial charge in [0.1, 0.15) is 6.61 Å². The van der Waals surface area contributed by atoms with Crippen molar-refractivity contribution in [1.29, 1.82) is 0 Å². The third-order valence-corrected chi connectivity index (χ3v) is 3.85. The van der Waals surface area contributed by atoms with Crippen molar-refractivity contribution in [3.8, 4) is 0 Å². The molecule has 116 valence electrons. The number of aliphatic imine (C=N–C) groups is 1. The number of aliphatic carboxylic acids is 1. The quantitative estimate of drug-likeness (QED) is 0.579. The van der Waals surface area contributed by atoms with Crippen molar-refractivity contribution in [1.82, 2.24) is 0 Å². The molecule has 1 atom stereocenters. The Labute approximate surface area is 122 Å². The average molecular weight is 283 g/mol. The molecule has 1 N–H and O–H groups in total. The van der Waals surface area contributed by atoms with Gasteiger partial charge in [-0.3, -0.25) is 0 Å². The van der Waals surface area contributed by atoms with E-state index >= 15 is 0 Å². The Morgan fingerprint density at radius 3 is 2.20 bits per heavy atom. The van der Waals surface area contributed by atoms with E-state index < -0.39 is 11.5 Å². The highest BCUT2D eigenvalue weighted by Gasteiger charge is 2.38. The number of unbranched alkanes of at least 4 members (excludes halogenated alkanes) is 8. The SMILES string of the molecule is CCCCCCCCCCCC1=NC(C)(C(=O)O)CO1. The lowest BCUT2D eigenvalue weighted by Gasteiger charge is -2.10. The predicted octanol–water partition coefficient (Wildman–Crippen LogP) is 4.18. The lowest BCUT2D eigenvalue weighted by molar-refractivity contribution is -0.142. The third kappa shape index (κ3) is 5.93. The van der Waals surface area contributed by atoms with Gasteiger partial charge in [0.25, 0.3) is 0 Å². The Balaban J connectivity index is 2.01. The topological polar surface area (TPSA) is 58.9 Å². The number of ether oxygens (including phenoxy) is 1. The standard InChI is InChI=1S/C16H29NO3/c1-3-4-5-6-7-8-9-10-11-12-14-17-16(2,13-20-14)15(18)19/h3-13H2,1-2H3,(H,18,19). The molecule has 0 saturated heterocycles. The van der Waals surface area contributed by atoms with E-state index in [9.17, 15) is 4.79 Å². The van der Waals surface area contributed by atoms with Gasteiger partial charge in [-0.2, -0.15) is 0 Å². The van der Waals surface area contributed by atoms with Crippen LogP contribution in [0.4, 0.5) is 0 Å². The molecule has 0 aromatic heterocycles. The minimum atomic E-state index is -1.06. The molecular formula is C16H29NO3. The zero-order valence-corrected chi connectivity index (χ0v) is 13.0. The summed E-state index contributed by atoms with van der Waals surface area (Å²) in [6.45, 7) is 4.02. The van der Waals surface area contributed by atoms with Crippen molar-refractivity contribution in [3.05, 3.63) is 0 Å². The zero-order chi connectivity index (χ0) is 14.8. The van der Waals surface area contributed by atoms with Gasteiger partial charge < -0.3 is 9.84 Å². The average Bonchev–Trinajstić information content (AvgIpc) is 2.80. The van der Waals surface area contributed by atoms with Gasteiger partial charge in [-0.15, -0.1) is 0 Å². The maximum Gasteiger partial charge on any atom is 0.335 e. The molecule has 0 bridgehead atoms. The van der Waals surface area contributed by atoms with Gasteiger partial charge in [0.2, 0.25) is 0 Å². The van der Waals surface area contributed by atoms with Gasteiger partial charge in [0, 0.05) is 6.42 Å². The van der Waals surface area contributed by atoms with Crippen LogP contribution in [0.1, 0.15) is 78.1 Å². The number of rotatable bonds is 11. The minimum absolute atomic E-state index is 0.176. The minimum Gasteiger partial charge on any atom is -0.479 e. The van der Waals surface area contributed by atoms with Crippen LogP contribution in [0.25, 0.3) is 0 Å². The van der Waals surface area contributed by atoms with E-state index in [2.05, 4.69) is 11.9 Å². The molecule has 4 nitrogen and oxygen atoms in total. The molecule has 0 spiro atoms. The summed E-state index contributed by atoms with van der Waals surface area (Å²) >= 11 is 0. The van der Waals surface area contributed by atoms with E-state index in [4.69, 9.17) is 9.84 Å². The van der Waals surface area contributed by atoms with Crippen molar-refractivity contribution >= 4 is 11.9 Å². The summed E-state index contributed by atoms with van der Waals surface area (Å²) < 4.78 is 5.37. The van der Waals surface area contributed by atoms with Crippen molar-refractivity contribution < 1.29 is 14.6 Å². The van der Waals surface area contributed by atoms with Crippen LogP contribution in [0.5, 0.6) is 0 Å². The van der Waals surface area contributed by atoms with Crippen LogP contribution < -0.4 is 0 Å². The van der Waals surface area contributed by atoms with Crippen LogP contribution in [0.15, 0.2) is 4.99 Å². The fourth-order valence-corrected chi connectivity index (χ4v) is 2.39. The van der Waals surface area contributed by atoms with Crippen LogP contribution in [0.2, 0.25) is 0 Å². The van der Waals surface area contributed by atoms with Gasteiger partial charge in [-0.25, -0.2) is 9.79 Å². The number of hydrogen-bond acceptors (Lipinski definition) is 3. The smallest absolute Gasteiger partial charge is 0.335 e. The highest BCUT2D eigenvalue weighted by molar-refractivity contribution is 5.87. The molecule has 0 amide bonds. The lowest BCUT2D eigenvalue weighted by Crippen LogP contribution is -2.34. The maximum atomic E-state index is 11.0. The van der Waals surface area contributed by atoms with Gasteiger partial charge >= 0.3 is 5.97 Å². The fraction of sp³-hybridized carbons (Fsp3) is 0.875. The van der Waals surface area contributed by atoms with E-state index in [0.717, 1.165) is 12.8 Å². The first kappa shape index (κ1) is 17.0. The molecule has 1 heterocycles. The summed E-state index contributed by atoms with van der Waals surface area (Å²) in [6, 6.07) is 0. The summed E-state index contributed by atoms with van der Waals surface area (Å²) in [4.78, 5) is 15.2. The van der Waals surface area contributed by atoms with Crippen molar-refractivity contribution in [3.63, 3.8) is 0 Å². The van der Waals surface area contributed by atoms with Crippen LogP contribution >= 0.6 is 0 Å². The second-order valence-electron chi connectivity index (χ2n) is 5.95. The Morgan fingerprint density at radius 2 is 1.70 bits per heavy atom. The number of hydrogen-bond donors (Lipinski definition) is 1. The van der Waals surface area contributed by atoms with Crippen LogP contribution in [-0.2, 0) is 9.53 Å². The molecular weight excluding hydrogens is 254 g/mol. The molecule has 1 aliphatic heterocycles. The van der Waals surface area contributed by atoms with Gasteiger partial charge in [0.05, 0.1) is 0 Å². The highest BCUT2D eigenvalue weighted by atomic mass is 16.5. The number of carboxylic acids is 1. The lowest BCUT2D eigenvalue weighted by atomic mass is 10.1. The molecule has 0 aliphatic carbocycles. The van der Waals surface area contributed by atoms with E-state index in [0.29, 0.717) is 5.90 Å². The molecule has 0 radical (unpaired) electrons. The van der Waals surface area contributed by atoms with Crippen LogP contribution in [0, 0.1) is 0 Å². The Bertz CT molecular complexity index is 328. The number of nitrogens with zero attached hydrogens (tertiary/aromatic N) is 1. The maximum absolute atomic E-state index is 11.0. The first-order valence-electron chi connectivity index (χ1n) is 8.03. The molecule has 0 saturated carbocycles. The van der Waals surface area contributed by atoms with Gasteiger partial charge in [-0.1, -0.05) is 58.3 Å². The highest BCUT2D eigenvalue weighted by Crippen LogP contribution is 2.21. The van der Waals surface area contributed by atoms with Crippen molar-refractivity contribution in [2.75, 3.05) is 6.61 Å². The normalized spacial score (nSPS) is 21.6. The Hall–Kier alpha value is -1.06. The van der Waals surface area contributed by atoms with E-state index in [-0.39, 0.29) is 6.61 Å². The second-order valence-corrected chi connectivity index (χ2v) is 5.95. The Morgan fingerprint density at radius 1 is 1.15 bits per heavy atom. The largest absolute Gasteiger partial charge is 0.479 e. The van der Waals surface area contributed by atoms with Gasteiger partial charge in [0.15, 0.2) is 11.4 Å². The van der Waals surface area contributed by atoms with Crippen LogP contribution in [-0.4, -0.2) is 29.1 Å². The molecule has 0 aromatic rings. The Kier molecular flexibility index (Phi) is 7.63. The summed E-state index contributed by atoms with van der Waals surface area (Å²) in [5, 5.41) is 9.03. The zero-order valence-electron chi connectivity index (χ0n) is 13.0. The monoisotopic (exact) mass is 283 g/mol. The van der Waals surface area contributed by atoms with Crippen molar-refractivity contribution in [2.24, 2.45) is 4.99 Å². The van der Waals surface area contributed by atoms with E-state index in [1.54, 1.807) is 6.92 Å². The molecule has 1 rings (SSSR count). The summed E-state index contributed by atoms with van der Waals surface area (Å²) in [6.07, 6.45) is 12.3. The number of carboxylic acid groups (broad SMARTS) is 1. The summed E-state index contributed by atoms with van der Waals surface area (Å²) in [5.41, 5.74) is -1.06. The van der Waals surface area contributed by atoms with Gasteiger partial charge in [-0.05, 0) is 13.3 Å². The first-order chi connectivity index (χ1) is 9.58. The number of carbonyl (C=O) groups is 1. The molecule has 20 heavy (non-hydrogen) atoms. The van der Waals surface area contributed by atoms with E-state index in [1.165, 1.54) is 51.4 Å². The molecule has 4 heteroatoms.